The number of phenolic OH excluding ortho intramolecular Hbond substituents is 3. The van der Waals surface area contributed by atoms with Gasteiger partial charge in [0.2, 0.25) is 5.78 Å². The number of hydrogen-bond acceptors (Lipinski definition) is 8. The van der Waals surface area contributed by atoms with Gasteiger partial charge in [-0.1, -0.05) is 29.9 Å². The fourth-order valence-corrected chi connectivity index (χ4v) is 3.80. The van der Waals surface area contributed by atoms with E-state index in [4.69, 9.17) is 9.47 Å². The Morgan fingerprint density at radius 2 is 1.91 bits per heavy atom. The van der Waals surface area contributed by atoms with Gasteiger partial charge in [-0.25, -0.2) is 0 Å². The number of ether oxygens (including phenoxy) is 2. The maximum atomic E-state index is 13.0. The minimum absolute atomic E-state index is 0.0589. The van der Waals surface area contributed by atoms with Crippen LogP contribution in [0.2, 0.25) is 0 Å². The van der Waals surface area contributed by atoms with Crippen molar-refractivity contribution in [1.82, 2.24) is 0 Å². The second-order valence-corrected chi connectivity index (χ2v) is 8.53. The quantitative estimate of drug-likeness (QED) is 0.369. The molecular formula is C26H30O8. The van der Waals surface area contributed by atoms with Crippen molar-refractivity contribution in [3.05, 3.63) is 64.8 Å². The third kappa shape index (κ3) is 5.03. The molecule has 182 valence electrons. The van der Waals surface area contributed by atoms with Crippen molar-refractivity contribution in [2.24, 2.45) is 0 Å². The highest BCUT2D eigenvalue weighted by Crippen LogP contribution is 2.45. The number of Topliss-reactive ketones (excluding diaryl/α,β-unsaturated/α-hetero) is 1. The molecule has 2 aromatic carbocycles. The lowest BCUT2D eigenvalue weighted by atomic mass is 9.90. The summed E-state index contributed by atoms with van der Waals surface area (Å²) in [6, 6.07) is 5.52. The van der Waals surface area contributed by atoms with E-state index in [2.05, 4.69) is 6.58 Å². The van der Waals surface area contributed by atoms with E-state index in [0.29, 0.717) is 24.0 Å². The molecule has 2 aromatic rings. The zero-order chi connectivity index (χ0) is 25.2. The smallest absolute Gasteiger partial charge is 0.202 e. The molecule has 0 amide bonds. The Morgan fingerprint density at radius 1 is 1.21 bits per heavy atom. The molecule has 0 spiro atoms. The van der Waals surface area contributed by atoms with Gasteiger partial charge >= 0.3 is 0 Å². The first-order valence-corrected chi connectivity index (χ1v) is 10.9. The number of aliphatic hydroxyl groups excluding tert-OH is 2. The summed E-state index contributed by atoms with van der Waals surface area (Å²) in [5, 5.41) is 51.6. The monoisotopic (exact) mass is 470 g/mol. The number of benzene rings is 2. The third-order valence-electron chi connectivity index (χ3n) is 5.97. The highest BCUT2D eigenvalue weighted by atomic mass is 16.5. The SMILES string of the molecule is C=C(C)[C@@H](O)CC/C(C)=C/Cc1c(O)cc2c(c1O)C(=O)[C@H](O)[C@@H](c1ccc(O)c(OC)c1)O2. The molecule has 0 aliphatic carbocycles. The van der Waals surface area contributed by atoms with Crippen molar-refractivity contribution in [2.45, 2.75) is 51.4 Å². The molecule has 34 heavy (non-hydrogen) atoms. The standard InChI is InChI=1S/C26H30O8/c1-13(2)17(27)9-6-14(3)5-8-16-19(29)12-21-22(23(16)30)24(31)25(32)26(34-21)15-7-10-18(28)20(11-15)33-4/h5,7,10-12,17,25-30,32H,1,6,8-9H2,2-4H3/b14-5+/t17-,25-,26+/m0/s1. The number of carbonyl (C=O) groups is 1. The molecule has 0 fully saturated rings. The molecule has 0 bridgehead atoms. The van der Waals surface area contributed by atoms with Gasteiger partial charge in [0, 0.05) is 11.6 Å². The molecule has 8 heteroatoms. The molecule has 1 aliphatic heterocycles. The van der Waals surface area contributed by atoms with E-state index < -0.39 is 29.8 Å². The lowest BCUT2D eigenvalue weighted by molar-refractivity contribution is 0.0209. The highest BCUT2D eigenvalue weighted by Gasteiger charge is 2.40. The normalized spacial score (nSPS) is 18.7. The number of phenols is 3. The van der Waals surface area contributed by atoms with Crippen molar-refractivity contribution in [1.29, 1.82) is 0 Å². The lowest BCUT2D eigenvalue weighted by Gasteiger charge is -2.31. The van der Waals surface area contributed by atoms with E-state index in [-0.39, 0.29) is 40.5 Å². The lowest BCUT2D eigenvalue weighted by Crippen LogP contribution is -2.36. The van der Waals surface area contributed by atoms with Crippen LogP contribution in [-0.2, 0) is 6.42 Å². The van der Waals surface area contributed by atoms with Crippen LogP contribution in [0, 0.1) is 0 Å². The van der Waals surface area contributed by atoms with Crippen LogP contribution in [0.4, 0.5) is 0 Å². The number of ketones is 1. The van der Waals surface area contributed by atoms with Gasteiger partial charge < -0.3 is 35.0 Å². The van der Waals surface area contributed by atoms with Crippen molar-refractivity contribution in [2.75, 3.05) is 7.11 Å². The van der Waals surface area contributed by atoms with Gasteiger partial charge in [0.25, 0.3) is 0 Å². The molecule has 0 aromatic heterocycles. The Kier molecular flexibility index (Phi) is 7.54. The van der Waals surface area contributed by atoms with E-state index in [0.717, 1.165) is 5.57 Å². The summed E-state index contributed by atoms with van der Waals surface area (Å²) in [6.07, 6.45) is -0.316. The van der Waals surface area contributed by atoms with Crippen molar-refractivity contribution < 1.29 is 39.8 Å². The summed E-state index contributed by atoms with van der Waals surface area (Å²) < 4.78 is 10.9. The number of carbonyl (C=O) groups excluding carboxylic acids is 1. The minimum Gasteiger partial charge on any atom is -0.507 e. The summed E-state index contributed by atoms with van der Waals surface area (Å²) in [5.74, 6) is -1.48. The molecule has 0 saturated carbocycles. The molecule has 0 unspecified atom stereocenters. The van der Waals surface area contributed by atoms with Crippen LogP contribution >= 0.6 is 0 Å². The van der Waals surface area contributed by atoms with E-state index in [1.165, 1.54) is 31.4 Å². The fraction of sp³-hybridized carbons (Fsp3) is 0.346. The highest BCUT2D eigenvalue weighted by molar-refractivity contribution is 6.06. The Morgan fingerprint density at radius 3 is 2.56 bits per heavy atom. The van der Waals surface area contributed by atoms with Gasteiger partial charge in [-0.15, -0.1) is 0 Å². The van der Waals surface area contributed by atoms with E-state index >= 15 is 0 Å². The average molecular weight is 471 g/mol. The summed E-state index contributed by atoms with van der Waals surface area (Å²) in [5.41, 5.74) is 1.91. The van der Waals surface area contributed by atoms with Gasteiger partial charge in [-0.3, -0.25) is 4.79 Å². The van der Waals surface area contributed by atoms with Gasteiger partial charge in [-0.05, 0) is 50.8 Å². The zero-order valence-electron chi connectivity index (χ0n) is 19.4. The maximum absolute atomic E-state index is 13.0. The summed E-state index contributed by atoms with van der Waals surface area (Å²) in [7, 11) is 1.37. The first-order valence-electron chi connectivity index (χ1n) is 10.9. The van der Waals surface area contributed by atoms with E-state index in [1.54, 1.807) is 13.0 Å². The molecule has 0 saturated heterocycles. The van der Waals surface area contributed by atoms with Gasteiger partial charge in [0.1, 0.15) is 22.8 Å². The largest absolute Gasteiger partial charge is 0.507 e. The topological polar surface area (TPSA) is 137 Å². The Labute approximate surface area is 198 Å². The molecule has 0 radical (unpaired) electrons. The second kappa shape index (κ2) is 10.2. The van der Waals surface area contributed by atoms with Gasteiger partial charge in [0.15, 0.2) is 23.7 Å². The summed E-state index contributed by atoms with van der Waals surface area (Å²) >= 11 is 0. The number of aromatic hydroxyl groups is 3. The van der Waals surface area contributed by atoms with Crippen LogP contribution in [0.1, 0.15) is 54.3 Å². The summed E-state index contributed by atoms with van der Waals surface area (Å²) in [4.78, 5) is 13.0. The molecular weight excluding hydrogens is 440 g/mol. The second-order valence-electron chi connectivity index (χ2n) is 8.53. The van der Waals surface area contributed by atoms with Crippen LogP contribution in [0.15, 0.2) is 48.1 Å². The van der Waals surface area contributed by atoms with Crippen LogP contribution in [0.5, 0.6) is 28.7 Å². The number of aliphatic hydroxyl groups is 2. The third-order valence-corrected chi connectivity index (χ3v) is 5.97. The first kappa shape index (κ1) is 25.1. The molecule has 1 heterocycles. The van der Waals surface area contributed by atoms with E-state index in [1.807, 2.05) is 6.92 Å². The average Bonchev–Trinajstić information content (AvgIpc) is 2.79. The minimum atomic E-state index is -1.62. The first-order chi connectivity index (χ1) is 16.0. The predicted molar refractivity (Wildman–Crippen MR) is 126 cm³/mol. The van der Waals surface area contributed by atoms with Gasteiger partial charge in [0.05, 0.1) is 13.2 Å². The Hall–Kier alpha value is -3.49. The molecule has 3 atom stereocenters. The van der Waals surface area contributed by atoms with Crippen molar-refractivity contribution >= 4 is 5.78 Å². The number of rotatable bonds is 8. The molecule has 1 aliphatic rings. The molecule has 5 N–H and O–H groups in total. The number of fused-ring (bicyclic) bond motifs is 1. The van der Waals surface area contributed by atoms with Crippen molar-refractivity contribution in [3.8, 4) is 28.7 Å². The zero-order valence-corrected chi connectivity index (χ0v) is 19.4. The van der Waals surface area contributed by atoms with Crippen LogP contribution in [0.3, 0.4) is 0 Å². The van der Waals surface area contributed by atoms with Crippen LogP contribution < -0.4 is 9.47 Å². The Balaban J connectivity index is 1.87. The number of hydrogen-bond donors (Lipinski definition) is 5. The van der Waals surface area contributed by atoms with Crippen LogP contribution in [0.25, 0.3) is 0 Å². The number of allylic oxidation sites excluding steroid dienone is 2. The van der Waals surface area contributed by atoms with Crippen molar-refractivity contribution in [3.63, 3.8) is 0 Å². The predicted octanol–water partition coefficient (Wildman–Crippen LogP) is 3.70. The van der Waals surface area contributed by atoms with E-state index in [9.17, 15) is 30.3 Å². The number of methoxy groups -OCH3 is 1. The molecule has 3 rings (SSSR count). The van der Waals surface area contributed by atoms with Gasteiger partial charge in [-0.2, -0.15) is 0 Å². The fourth-order valence-electron chi connectivity index (χ4n) is 3.80. The summed E-state index contributed by atoms with van der Waals surface area (Å²) in [6.45, 7) is 7.34. The van der Waals surface area contributed by atoms with Crippen LogP contribution in [-0.4, -0.2) is 50.6 Å². The maximum Gasteiger partial charge on any atom is 0.202 e. The molecule has 8 nitrogen and oxygen atoms in total. The Bertz CT molecular complexity index is 1130.